The first kappa shape index (κ1) is 11.2. The van der Waals surface area contributed by atoms with Crippen molar-refractivity contribution in [2.45, 2.75) is 32.1 Å². The molecule has 0 amide bonds. The van der Waals surface area contributed by atoms with E-state index in [4.69, 9.17) is 16.0 Å². The van der Waals surface area contributed by atoms with Crippen molar-refractivity contribution >= 4 is 17.9 Å². The van der Waals surface area contributed by atoms with Crippen LogP contribution in [0.15, 0.2) is 10.6 Å². The molecular weight excluding hydrogens is 202 g/mol. The third-order valence-corrected chi connectivity index (χ3v) is 2.15. The molecule has 1 aromatic heterocycles. The summed E-state index contributed by atoms with van der Waals surface area (Å²) < 4.78 is 5.42. The molecule has 0 fully saturated rings. The normalized spacial score (nSPS) is 10.4. The fourth-order valence-electron chi connectivity index (χ4n) is 1.15. The minimum absolute atomic E-state index is 0.496. The fraction of sp³-hybridized carbons (Fsp3) is 0.600. The van der Waals surface area contributed by atoms with E-state index in [1.807, 2.05) is 0 Å². The van der Waals surface area contributed by atoms with Gasteiger partial charge in [-0.05, 0) is 12.8 Å². The van der Waals surface area contributed by atoms with Gasteiger partial charge in [-0.3, -0.25) is 0 Å². The van der Waals surface area contributed by atoms with Crippen molar-refractivity contribution in [3.8, 4) is 0 Å². The third-order valence-electron chi connectivity index (χ3n) is 1.88. The molecule has 0 bridgehead atoms. The van der Waals surface area contributed by atoms with Crippen LogP contribution in [0.1, 0.15) is 30.9 Å². The molecule has 0 aliphatic carbocycles. The quantitative estimate of drug-likeness (QED) is 0.399. The predicted molar refractivity (Wildman–Crippen MR) is 54.5 cm³/mol. The van der Waals surface area contributed by atoms with E-state index < -0.39 is 0 Å². The Morgan fingerprint density at radius 1 is 1.43 bits per heavy atom. The molecule has 78 valence electrons. The van der Waals surface area contributed by atoms with Gasteiger partial charge in [-0.15, -0.1) is 11.6 Å². The molecule has 14 heavy (non-hydrogen) atoms. The lowest BCUT2D eigenvalue weighted by atomic mass is 10.2. The van der Waals surface area contributed by atoms with Crippen molar-refractivity contribution < 1.29 is 9.21 Å². The van der Waals surface area contributed by atoms with Gasteiger partial charge in [-0.1, -0.05) is 0 Å². The van der Waals surface area contributed by atoms with Crippen molar-refractivity contribution in [2.75, 3.05) is 5.88 Å². The largest absolute Gasteiger partial charge is 0.446 e. The van der Waals surface area contributed by atoms with Crippen LogP contribution in [0.5, 0.6) is 0 Å². The number of alkyl halides is 1. The minimum Gasteiger partial charge on any atom is -0.446 e. The predicted octanol–water partition coefficient (Wildman–Crippen LogP) is 2.37. The summed E-state index contributed by atoms with van der Waals surface area (Å²) in [5.74, 6) is 2.22. The van der Waals surface area contributed by atoms with Crippen molar-refractivity contribution in [2.24, 2.45) is 0 Å². The standard InChI is InChI=1S/C10H14ClNO2/c11-6-2-1-5-10-12-8-9(14-10)4-3-7-13/h7-8H,1-6H2. The molecule has 0 saturated heterocycles. The third kappa shape index (κ3) is 3.92. The van der Waals surface area contributed by atoms with Gasteiger partial charge in [-0.25, -0.2) is 4.98 Å². The number of hydrogen-bond acceptors (Lipinski definition) is 3. The van der Waals surface area contributed by atoms with Gasteiger partial charge in [0, 0.05) is 25.1 Å². The Hall–Kier alpha value is -0.830. The van der Waals surface area contributed by atoms with Gasteiger partial charge in [0.15, 0.2) is 5.89 Å². The summed E-state index contributed by atoms with van der Waals surface area (Å²) in [4.78, 5) is 14.2. The Labute approximate surface area is 88.5 Å². The second-order valence-electron chi connectivity index (χ2n) is 3.07. The molecule has 3 nitrogen and oxygen atoms in total. The molecule has 0 aliphatic rings. The summed E-state index contributed by atoms with van der Waals surface area (Å²) in [6.45, 7) is 0. The number of nitrogens with zero attached hydrogens (tertiary/aromatic N) is 1. The van der Waals surface area contributed by atoms with E-state index in [-0.39, 0.29) is 0 Å². The van der Waals surface area contributed by atoms with Crippen LogP contribution in [-0.2, 0) is 17.6 Å². The van der Waals surface area contributed by atoms with Gasteiger partial charge in [-0.2, -0.15) is 0 Å². The second-order valence-corrected chi connectivity index (χ2v) is 3.45. The number of aryl methyl sites for hydroxylation is 2. The van der Waals surface area contributed by atoms with Gasteiger partial charge in [0.1, 0.15) is 12.0 Å². The average molecular weight is 216 g/mol. The van der Waals surface area contributed by atoms with Crippen LogP contribution in [-0.4, -0.2) is 17.2 Å². The van der Waals surface area contributed by atoms with Crippen molar-refractivity contribution in [3.63, 3.8) is 0 Å². The summed E-state index contributed by atoms with van der Waals surface area (Å²) in [5, 5.41) is 0. The maximum Gasteiger partial charge on any atom is 0.194 e. The van der Waals surface area contributed by atoms with Crippen LogP contribution in [0.4, 0.5) is 0 Å². The fourth-order valence-corrected chi connectivity index (χ4v) is 1.34. The zero-order valence-corrected chi connectivity index (χ0v) is 8.79. The lowest BCUT2D eigenvalue weighted by Crippen LogP contribution is -1.85. The van der Waals surface area contributed by atoms with Crippen LogP contribution < -0.4 is 0 Å². The van der Waals surface area contributed by atoms with E-state index in [1.54, 1.807) is 6.20 Å². The zero-order valence-electron chi connectivity index (χ0n) is 8.04. The first-order valence-corrected chi connectivity index (χ1v) is 5.33. The van der Waals surface area contributed by atoms with Gasteiger partial charge in [0.05, 0.1) is 6.20 Å². The maximum absolute atomic E-state index is 10.1. The molecule has 4 heteroatoms. The number of rotatable bonds is 7. The first-order chi connectivity index (χ1) is 6.86. The number of unbranched alkanes of at least 4 members (excludes halogenated alkanes) is 1. The van der Waals surface area contributed by atoms with E-state index in [0.717, 1.165) is 37.2 Å². The van der Waals surface area contributed by atoms with E-state index in [2.05, 4.69) is 4.98 Å². The molecule has 1 rings (SSSR count). The zero-order chi connectivity index (χ0) is 10.2. The number of aldehydes is 1. The summed E-state index contributed by atoms with van der Waals surface area (Å²) >= 11 is 5.55. The van der Waals surface area contributed by atoms with Crippen LogP contribution in [0.25, 0.3) is 0 Å². The monoisotopic (exact) mass is 215 g/mol. The molecular formula is C10H14ClNO2. The molecule has 0 N–H and O–H groups in total. The smallest absolute Gasteiger partial charge is 0.194 e. The summed E-state index contributed by atoms with van der Waals surface area (Å²) in [6.07, 6.45) is 6.52. The lowest BCUT2D eigenvalue weighted by Gasteiger charge is -1.93. The van der Waals surface area contributed by atoms with Crippen molar-refractivity contribution in [1.82, 2.24) is 4.98 Å². The Bertz CT molecular complexity index is 273. The van der Waals surface area contributed by atoms with Gasteiger partial charge in [0.25, 0.3) is 0 Å². The number of halogens is 1. The SMILES string of the molecule is O=CCCc1cnc(CCCCCl)o1. The molecule has 0 radical (unpaired) electrons. The summed E-state index contributed by atoms with van der Waals surface area (Å²) in [5.41, 5.74) is 0. The number of carbonyl (C=O) groups excluding carboxylic acids is 1. The Balaban J connectivity index is 2.31. The Morgan fingerprint density at radius 2 is 2.29 bits per heavy atom. The van der Waals surface area contributed by atoms with Gasteiger partial charge >= 0.3 is 0 Å². The molecule has 1 heterocycles. The topological polar surface area (TPSA) is 43.1 Å². The van der Waals surface area contributed by atoms with Crippen LogP contribution in [0.3, 0.4) is 0 Å². The molecule has 0 spiro atoms. The van der Waals surface area contributed by atoms with E-state index in [0.29, 0.717) is 18.7 Å². The van der Waals surface area contributed by atoms with Crippen molar-refractivity contribution in [1.29, 1.82) is 0 Å². The van der Waals surface area contributed by atoms with E-state index in [1.165, 1.54) is 0 Å². The van der Waals surface area contributed by atoms with Gasteiger partial charge in [0.2, 0.25) is 0 Å². The Morgan fingerprint density at radius 3 is 3.00 bits per heavy atom. The van der Waals surface area contributed by atoms with Crippen molar-refractivity contribution in [3.05, 3.63) is 17.8 Å². The van der Waals surface area contributed by atoms with Crippen LogP contribution in [0.2, 0.25) is 0 Å². The second kappa shape index (κ2) is 6.60. The molecule has 0 unspecified atom stereocenters. The first-order valence-electron chi connectivity index (χ1n) is 4.80. The minimum atomic E-state index is 0.496. The number of oxazole rings is 1. The lowest BCUT2D eigenvalue weighted by molar-refractivity contribution is -0.107. The number of aromatic nitrogens is 1. The highest BCUT2D eigenvalue weighted by Crippen LogP contribution is 2.08. The molecule has 0 aliphatic heterocycles. The highest BCUT2D eigenvalue weighted by molar-refractivity contribution is 6.17. The average Bonchev–Trinajstić information content (AvgIpc) is 2.63. The molecule has 0 saturated carbocycles. The Kier molecular flexibility index (Phi) is 5.30. The number of carbonyl (C=O) groups is 1. The maximum atomic E-state index is 10.1. The highest BCUT2D eigenvalue weighted by atomic mass is 35.5. The molecule has 1 aromatic rings. The highest BCUT2D eigenvalue weighted by Gasteiger charge is 2.02. The molecule has 0 aromatic carbocycles. The summed E-state index contributed by atoms with van der Waals surface area (Å²) in [7, 11) is 0. The van der Waals surface area contributed by atoms with Crippen LogP contribution >= 0.6 is 11.6 Å². The van der Waals surface area contributed by atoms with Gasteiger partial charge < -0.3 is 9.21 Å². The molecule has 0 atom stereocenters. The van der Waals surface area contributed by atoms with E-state index >= 15 is 0 Å². The summed E-state index contributed by atoms with van der Waals surface area (Å²) in [6, 6.07) is 0. The van der Waals surface area contributed by atoms with Crippen LogP contribution in [0, 0.1) is 0 Å². The number of hydrogen-bond donors (Lipinski definition) is 0. The van der Waals surface area contributed by atoms with E-state index in [9.17, 15) is 4.79 Å².